The van der Waals surface area contributed by atoms with Gasteiger partial charge in [-0.05, 0) is 28.7 Å². The average Bonchev–Trinajstić information content (AvgIpc) is 2.83. The number of benzene rings is 1. The third kappa shape index (κ3) is 3.11. The predicted octanol–water partition coefficient (Wildman–Crippen LogP) is 2.71. The monoisotopic (exact) mass is 442 g/mol. The van der Waals surface area contributed by atoms with E-state index in [-0.39, 0.29) is 22.4 Å². The normalized spacial score (nSPS) is 10.8. The predicted molar refractivity (Wildman–Crippen MR) is 89.4 cm³/mol. The van der Waals surface area contributed by atoms with Gasteiger partial charge in [0.15, 0.2) is 0 Å². The lowest BCUT2D eigenvalue weighted by Crippen LogP contribution is -2.04. The van der Waals surface area contributed by atoms with Crippen LogP contribution in [0.3, 0.4) is 0 Å². The Morgan fingerprint density at radius 3 is 2.75 bits per heavy atom. The molecular weight excluding hydrogens is 434 g/mol. The van der Waals surface area contributed by atoms with Gasteiger partial charge in [-0.15, -0.1) is 0 Å². The molecule has 0 unspecified atom stereocenters. The Bertz CT molecular complexity index is 910. The molecule has 0 saturated heterocycles. The second-order valence-corrected chi connectivity index (χ2v) is 5.71. The number of carboxylic acids is 1. The van der Waals surface area contributed by atoms with E-state index in [1.165, 1.54) is 17.9 Å². The third-order valence-corrected chi connectivity index (χ3v) is 3.92. The summed E-state index contributed by atoms with van der Waals surface area (Å²) < 4.78 is 16.4. The summed E-state index contributed by atoms with van der Waals surface area (Å²) in [6.07, 6.45) is 3.01. The van der Waals surface area contributed by atoms with Crippen LogP contribution >= 0.6 is 22.6 Å². The quantitative estimate of drug-likeness (QED) is 0.336. The SMILES string of the molecule is Cn1ncc(I)c1-c1c(F)cc([N+](=O)[O-])c(/C=C/C(=O)O)c1C#N. The van der Waals surface area contributed by atoms with Crippen LogP contribution in [0, 0.1) is 30.8 Å². The Morgan fingerprint density at radius 1 is 1.62 bits per heavy atom. The van der Waals surface area contributed by atoms with Crippen molar-refractivity contribution in [2.75, 3.05) is 0 Å². The molecule has 1 N–H and O–H groups in total. The highest BCUT2D eigenvalue weighted by atomic mass is 127. The lowest BCUT2D eigenvalue weighted by molar-refractivity contribution is -0.385. The number of nitro groups is 1. The third-order valence-electron chi connectivity index (χ3n) is 3.13. The summed E-state index contributed by atoms with van der Waals surface area (Å²) in [6, 6.07) is 2.40. The molecule has 0 aliphatic carbocycles. The number of nitrogens with zero attached hydrogens (tertiary/aromatic N) is 4. The van der Waals surface area contributed by atoms with Gasteiger partial charge in [-0.2, -0.15) is 10.4 Å². The summed E-state index contributed by atoms with van der Waals surface area (Å²) in [5, 5.41) is 33.3. The van der Waals surface area contributed by atoms with Crippen LogP contribution in [0.5, 0.6) is 0 Å². The van der Waals surface area contributed by atoms with Crippen LogP contribution in [0.25, 0.3) is 17.3 Å². The Balaban J connectivity index is 2.93. The van der Waals surface area contributed by atoms with E-state index in [0.717, 1.165) is 6.08 Å². The smallest absolute Gasteiger partial charge is 0.328 e. The van der Waals surface area contributed by atoms with Gasteiger partial charge in [0.25, 0.3) is 5.69 Å². The molecule has 0 aliphatic heterocycles. The molecule has 2 aromatic rings. The van der Waals surface area contributed by atoms with E-state index in [0.29, 0.717) is 15.7 Å². The number of halogens is 2. The van der Waals surface area contributed by atoms with Crippen LogP contribution in [0.2, 0.25) is 0 Å². The summed E-state index contributed by atoms with van der Waals surface area (Å²) in [7, 11) is 1.53. The number of hydrogen-bond donors (Lipinski definition) is 1. The van der Waals surface area contributed by atoms with Crippen LogP contribution in [-0.2, 0) is 11.8 Å². The molecule has 122 valence electrons. The summed E-state index contributed by atoms with van der Waals surface area (Å²) in [5.41, 5.74) is -1.21. The maximum Gasteiger partial charge on any atom is 0.328 e. The molecule has 0 bridgehead atoms. The van der Waals surface area contributed by atoms with E-state index >= 15 is 0 Å². The van der Waals surface area contributed by atoms with Crippen LogP contribution < -0.4 is 0 Å². The fourth-order valence-corrected chi connectivity index (χ4v) is 2.91. The molecule has 0 atom stereocenters. The first-order valence-corrected chi connectivity index (χ1v) is 7.35. The summed E-state index contributed by atoms with van der Waals surface area (Å²) in [4.78, 5) is 21.0. The zero-order valence-electron chi connectivity index (χ0n) is 12.0. The van der Waals surface area contributed by atoms with Gasteiger partial charge < -0.3 is 5.11 Å². The number of aryl methyl sites for hydroxylation is 1. The molecular formula is C14H8FIN4O4. The molecule has 2 rings (SSSR count). The van der Waals surface area contributed by atoms with E-state index in [9.17, 15) is 24.6 Å². The highest BCUT2D eigenvalue weighted by molar-refractivity contribution is 14.1. The van der Waals surface area contributed by atoms with Crippen LogP contribution in [0.15, 0.2) is 18.3 Å². The van der Waals surface area contributed by atoms with E-state index in [4.69, 9.17) is 5.11 Å². The molecule has 0 fully saturated rings. The summed E-state index contributed by atoms with van der Waals surface area (Å²) in [5.74, 6) is -2.32. The first kappa shape index (κ1) is 17.5. The number of carboxylic acid groups (broad SMARTS) is 1. The number of aliphatic carboxylic acids is 1. The van der Waals surface area contributed by atoms with E-state index in [1.807, 2.05) is 22.6 Å². The molecule has 0 aliphatic rings. The number of hydrogen-bond acceptors (Lipinski definition) is 5. The Hall–Kier alpha value is -2.81. The lowest BCUT2D eigenvalue weighted by atomic mass is 9.96. The number of aromatic nitrogens is 2. The van der Waals surface area contributed by atoms with Gasteiger partial charge in [-0.1, -0.05) is 0 Å². The topological polar surface area (TPSA) is 122 Å². The van der Waals surface area contributed by atoms with Crippen LogP contribution in [0.4, 0.5) is 10.1 Å². The van der Waals surface area contributed by atoms with Crippen molar-refractivity contribution in [1.82, 2.24) is 9.78 Å². The largest absolute Gasteiger partial charge is 0.478 e. The fraction of sp³-hybridized carbons (Fsp3) is 0.0714. The number of rotatable bonds is 4. The summed E-state index contributed by atoms with van der Waals surface area (Å²) in [6.45, 7) is 0. The fourth-order valence-electron chi connectivity index (χ4n) is 2.17. The molecule has 0 saturated carbocycles. The second-order valence-electron chi connectivity index (χ2n) is 4.55. The van der Waals surface area contributed by atoms with Crippen molar-refractivity contribution in [2.45, 2.75) is 0 Å². The standard InChI is InChI=1S/C14H8FIN4O4/c1-19-14(10(16)6-18-19)13-8(5-17)7(2-3-12(21)22)11(20(23)24)4-9(13)15/h2-4,6H,1H3,(H,21,22)/b3-2+. The van der Waals surface area contributed by atoms with Gasteiger partial charge in [0.05, 0.1) is 43.1 Å². The van der Waals surface area contributed by atoms with Crippen LogP contribution in [-0.4, -0.2) is 25.8 Å². The molecule has 0 spiro atoms. The van der Waals surface area contributed by atoms with Gasteiger partial charge in [-0.25, -0.2) is 9.18 Å². The van der Waals surface area contributed by atoms with Crippen molar-refractivity contribution in [3.63, 3.8) is 0 Å². The van der Waals surface area contributed by atoms with Gasteiger partial charge >= 0.3 is 5.97 Å². The minimum atomic E-state index is -1.35. The highest BCUT2D eigenvalue weighted by Crippen LogP contribution is 2.36. The zero-order chi connectivity index (χ0) is 18.0. The lowest BCUT2D eigenvalue weighted by Gasteiger charge is -2.10. The number of carbonyl (C=O) groups is 1. The zero-order valence-corrected chi connectivity index (χ0v) is 14.2. The molecule has 1 heterocycles. The molecule has 1 aromatic carbocycles. The molecule has 8 nitrogen and oxygen atoms in total. The van der Waals surface area contributed by atoms with Crippen molar-refractivity contribution in [3.8, 4) is 17.3 Å². The highest BCUT2D eigenvalue weighted by Gasteiger charge is 2.27. The second kappa shape index (κ2) is 6.75. The van der Waals surface area contributed by atoms with E-state index in [1.54, 1.807) is 6.07 Å². The summed E-state index contributed by atoms with van der Waals surface area (Å²) >= 11 is 1.89. The van der Waals surface area contributed by atoms with Gasteiger partial charge in [0.2, 0.25) is 0 Å². The van der Waals surface area contributed by atoms with Crippen molar-refractivity contribution >= 4 is 40.3 Å². The van der Waals surface area contributed by atoms with E-state index in [2.05, 4.69) is 5.10 Å². The average molecular weight is 442 g/mol. The minimum absolute atomic E-state index is 0.169. The van der Waals surface area contributed by atoms with Gasteiger partial charge in [0.1, 0.15) is 11.9 Å². The van der Waals surface area contributed by atoms with Gasteiger partial charge in [0, 0.05) is 13.1 Å². The first-order chi connectivity index (χ1) is 11.3. The Labute approximate surface area is 148 Å². The van der Waals surface area contributed by atoms with Crippen molar-refractivity contribution in [2.24, 2.45) is 7.05 Å². The Kier molecular flexibility index (Phi) is 4.93. The Morgan fingerprint density at radius 2 is 2.29 bits per heavy atom. The van der Waals surface area contributed by atoms with Crippen molar-refractivity contribution < 1.29 is 19.2 Å². The first-order valence-electron chi connectivity index (χ1n) is 6.27. The maximum absolute atomic E-state index is 14.5. The molecule has 10 heteroatoms. The van der Waals surface area contributed by atoms with E-state index < -0.39 is 22.4 Å². The molecule has 24 heavy (non-hydrogen) atoms. The maximum atomic E-state index is 14.5. The van der Waals surface area contributed by atoms with Crippen molar-refractivity contribution in [1.29, 1.82) is 5.26 Å². The number of nitro benzene ring substituents is 1. The van der Waals surface area contributed by atoms with Gasteiger partial charge in [-0.3, -0.25) is 14.8 Å². The minimum Gasteiger partial charge on any atom is -0.478 e. The van der Waals surface area contributed by atoms with Crippen LogP contribution in [0.1, 0.15) is 11.1 Å². The van der Waals surface area contributed by atoms with Crippen molar-refractivity contribution in [3.05, 3.63) is 49.0 Å². The molecule has 0 radical (unpaired) electrons. The molecule has 0 amide bonds. The number of nitriles is 1. The molecule has 1 aromatic heterocycles.